The Labute approximate surface area is 233 Å². The number of nitrogens with zero attached hydrogens (tertiary/aromatic N) is 4. The molecule has 1 heterocycles. The number of ether oxygens (including phenoxy) is 2. The molecule has 0 aliphatic heterocycles. The van der Waals surface area contributed by atoms with Gasteiger partial charge in [-0.2, -0.15) is 0 Å². The number of nitrogens with one attached hydrogen (secondary N) is 2. The van der Waals surface area contributed by atoms with Gasteiger partial charge < -0.3 is 29.6 Å². The zero-order valence-corrected chi connectivity index (χ0v) is 23.5. The quantitative estimate of drug-likeness (QED) is 0.314. The van der Waals surface area contributed by atoms with Crippen LogP contribution in [0, 0.1) is 0 Å². The topological polar surface area (TPSA) is 111 Å². The number of anilines is 2. The summed E-state index contributed by atoms with van der Waals surface area (Å²) in [5.41, 5.74) is 1.55. The molecule has 0 spiro atoms. The van der Waals surface area contributed by atoms with Gasteiger partial charge in [-0.05, 0) is 37.1 Å². The van der Waals surface area contributed by atoms with Gasteiger partial charge in [0.05, 0.1) is 33.1 Å². The van der Waals surface area contributed by atoms with Crippen LogP contribution in [0.5, 0.6) is 11.5 Å². The molecule has 39 heavy (non-hydrogen) atoms. The van der Waals surface area contributed by atoms with E-state index < -0.39 is 0 Å². The van der Waals surface area contributed by atoms with Crippen molar-refractivity contribution in [1.82, 2.24) is 19.7 Å². The summed E-state index contributed by atoms with van der Waals surface area (Å²) in [6.07, 6.45) is 5.70. The van der Waals surface area contributed by atoms with Crippen LogP contribution in [0.15, 0.2) is 53.7 Å². The van der Waals surface area contributed by atoms with Gasteiger partial charge in [0.2, 0.25) is 11.8 Å². The van der Waals surface area contributed by atoms with Crippen molar-refractivity contribution in [2.24, 2.45) is 0 Å². The summed E-state index contributed by atoms with van der Waals surface area (Å²) < 4.78 is 12.7. The largest absolute Gasteiger partial charge is 0.497 e. The molecule has 2 aromatic carbocycles. The molecule has 2 amide bonds. The Morgan fingerprint density at radius 3 is 2.36 bits per heavy atom. The van der Waals surface area contributed by atoms with E-state index >= 15 is 0 Å². The number of benzene rings is 2. The number of rotatable bonds is 12. The molecule has 10 nitrogen and oxygen atoms in total. The molecule has 2 N–H and O–H groups in total. The lowest BCUT2D eigenvalue weighted by Gasteiger charge is -2.26. The van der Waals surface area contributed by atoms with Gasteiger partial charge in [0.1, 0.15) is 11.5 Å². The highest BCUT2D eigenvalue weighted by Crippen LogP contribution is 2.33. The molecule has 1 fully saturated rings. The van der Waals surface area contributed by atoms with Gasteiger partial charge in [0.25, 0.3) is 0 Å². The van der Waals surface area contributed by atoms with E-state index in [2.05, 4.69) is 25.4 Å². The first-order valence-corrected chi connectivity index (χ1v) is 14.1. The highest BCUT2D eigenvalue weighted by molar-refractivity contribution is 7.99. The van der Waals surface area contributed by atoms with Gasteiger partial charge >= 0.3 is 0 Å². The molecular formula is C28H36N6O4S. The van der Waals surface area contributed by atoms with Crippen molar-refractivity contribution in [3.05, 3.63) is 54.4 Å². The molecule has 0 saturated heterocycles. The number of hydrogen-bond donors (Lipinski definition) is 2. The fraction of sp³-hybridized carbons (Fsp3) is 0.429. The summed E-state index contributed by atoms with van der Waals surface area (Å²) in [6.45, 7) is 0.456. The third-order valence-corrected chi connectivity index (χ3v) is 7.61. The lowest BCUT2D eigenvalue weighted by atomic mass is 9.95. The molecule has 3 aromatic rings. The Morgan fingerprint density at radius 1 is 1.00 bits per heavy atom. The minimum absolute atomic E-state index is 0.0539. The molecule has 1 aliphatic rings. The zero-order valence-electron chi connectivity index (χ0n) is 22.7. The average molecular weight is 553 g/mol. The van der Waals surface area contributed by atoms with Gasteiger partial charge in [0, 0.05) is 36.6 Å². The highest BCUT2D eigenvalue weighted by atomic mass is 32.2. The standard InChI is InChI=1S/C28H36N6O4S/c1-33(18-26(35)30-21-10-8-14-24(16-21)38-3)27(36)19-39-28-32-31-25(34(28)22-11-5-4-6-12-22)17-29-20-9-7-13-23(15-20)37-2/h7-10,13-16,22,29H,4-6,11-12,17-19H2,1-3H3,(H,30,35). The van der Waals surface area contributed by atoms with Crippen LogP contribution in [0.2, 0.25) is 0 Å². The first-order chi connectivity index (χ1) is 19.0. The van der Waals surface area contributed by atoms with Crippen molar-refractivity contribution in [3.63, 3.8) is 0 Å². The molecule has 0 atom stereocenters. The van der Waals surface area contributed by atoms with Crippen molar-refractivity contribution in [2.75, 3.05) is 44.2 Å². The Bertz CT molecular complexity index is 1260. The summed E-state index contributed by atoms with van der Waals surface area (Å²) in [5.74, 6) is 2.00. The average Bonchev–Trinajstić information content (AvgIpc) is 3.38. The Kier molecular flexibility index (Phi) is 10.1. The lowest BCUT2D eigenvalue weighted by molar-refractivity contribution is -0.131. The van der Waals surface area contributed by atoms with Crippen LogP contribution in [0.3, 0.4) is 0 Å². The zero-order chi connectivity index (χ0) is 27.6. The summed E-state index contributed by atoms with van der Waals surface area (Å²) in [7, 11) is 4.85. The van der Waals surface area contributed by atoms with Crippen molar-refractivity contribution < 1.29 is 19.1 Å². The first-order valence-electron chi connectivity index (χ1n) is 13.1. The van der Waals surface area contributed by atoms with Crippen LogP contribution in [-0.2, 0) is 16.1 Å². The molecule has 0 bridgehead atoms. The van der Waals surface area contributed by atoms with Crippen LogP contribution < -0.4 is 20.1 Å². The van der Waals surface area contributed by atoms with Crippen LogP contribution in [0.4, 0.5) is 11.4 Å². The molecular weight excluding hydrogens is 516 g/mol. The fourth-order valence-electron chi connectivity index (χ4n) is 4.59. The SMILES string of the molecule is COc1cccc(NCc2nnc(SCC(=O)N(C)CC(=O)Nc3cccc(OC)c3)n2C2CCCCC2)c1. The van der Waals surface area contributed by atoms with E-state index in [0.717, 1.165) is 35.3 Å². The maximum atomic E-state index is 12.9. The molecule has 208 valence electrons. The normalized spacial score (nSPS) is 13.5. The highest BCUT2D eigenvalue weighted by Gasteiger charge is 2.24. The Balaban J connectivity index is 1.37. The third kappa shape index (κ3) is 7.89. The van der Waals surface area contributed by atoms with Crippen molar-refractivity contribution in [3.8, 4) is 11.5 Å². The number of thioether (sulfide) groups is 1. The fourth-order valence-corrected chi connectivity index (χ4v) is 5.55. The van der Waals surface area contributed by atoms with Gasteiger partial charge in [-0.3, -0.25) is 9.59 Å². The third-order valence-electron chi connectivity index (χ3n) is 6.68. The Morgan fingerprint density at radius 2 is 1.67 bits per heavy atom. The van der Waals surface area contributed by atoms with Gasteiger partial charge in [0.15, 0.2) is 11.0 Å². The van der Waals surface area contributed by atoms with E-state index in [-0.39, 0.29) is 24.1 Å². The van der Waals surface area contributed by atoms with Gasteiger partial charge in [-0.1, -0.05) is 43.2 Å². The molecule has 1 saturated carbocycles. The summed E-state index contributed by atoms with van der Waals surface area (Å²) in [6, 6.07) is 15.2. The van der Waals surface area contributed by atoms with E-state index in [0.29, 0.717) is 24.0 Å². The number of carbonyl (C=O) groups is 2. The van der Waals surface area contributed by atoms with E-state index in [1.807, 2.05) is 24.3 Å². The maximum absolute atomic E-state index is 12.9. The molecule has 1 aliphatic carbocycles. The predicted octanol–water partition coefficient (Wildman–Crippen LogP) is 4.60. The smallest absolute Gasteiger partial charge is 0.243 e. The summed E-state index contributed by atoms with van der Waals surface area (Å²) >= 11 is 1.36. The van der Waals surface area contributed by atoms with Crippen molar-refractivity contribution >= 4 is 35.0 Å². The van der Waals surface area contributed by atoms with Gasteiger partial charge in [-0.15, -0.1) is 10.2 Å². The van der Waals surface area contributed by atoms with Crippen LogP contribution in [0.1, 0.15) is 44.0 Å². The molecule has 4 rings (SSSR count). The minimum Gasteiger partial charge on any atom is -0.497 e. The van der Waals surface area contributed by atoms with Gasteiger partial charge in [-0.25, -0.2) is 0 Å². The van der Waals surface area contributed by atoms with Crippen LogP contribution in [0.25, 0.3) is 0 Å². The molecule has 11 heteroatoms. The van der Waals surface area contributed by atoms with Crippen LogP contribution >= 0.6 is 11.8 Å². The van der Waals surface area contributed by atoms with Crippen molar-refractivity contribution in [1.29, 1.82) is 0 Å². The van der Waals surface area contributed by atoms with E-state index in [1.165, 1.54) is 35.9 Å². The number of carbonyl (C=O) groups excluding carboxylic acids is 2. The van der Waals surface area contributed by atoms with E-state index in [1.54, 1.807) is 45.5 Å². The summed E-state index contributed by atoms with van der Waals surface area (Å²) in [4.78, 5) is 26.8. The molecule has 0 radical (unpaired) electrons. The number of amides is 2. The number of hydrogen-bond acceptors (Lipinski definition) is 8. The first kappa shape index (κ1) is 28.3. The molecule has 1 aromatic heterocycles. The predicted molar refractivity (Wildman–Crippen MR) is 152 cm³/mol. The number of methoxy groups -OCH3 is 2. The minimum atomic E-state index is -0.277. The summed E-state index contributed by atoms with van der Waals surface area (Å²) in [5, 5.41) is 15.9. The Hall–Kier alpha value is -3.73. The number of aromatic nitrogens is 3. The van der Waals surface area contributed by atoms with E-state index in [9.17, 15) is 9.59 Å². The van der Waals surface area contributed by atoms with Crippen molar-refractivity contribution in [2.45, 2.75) is 49.8 Å². The monoisotopic (exact) mass is 552 g/mol. The second-order valence-corrected chi connectivity index (χ2v) is 10.4. The maximum Gasteiger partial charge on any atom is 0.243 e. The number of likely N-dealkylation sites (N-methyl/N-ethyl adjacent to an activating group) is 1. The molecule has 0 unspecified atom stereocenters. The second-order valence-electron chi connectivity index (χ2n) is 9.46. The van der Waals surface area contributed by atoms with E-state index in [4.69, 9.17) is 9.47 Å². The van der Waals surface area contributed by atoms with Crippen LogP contribution in [-0.4, -0.2) is 65.0 Å². The second kappa shape index (κ2) is 13.9. The lowest BCUT2D eigenvalue weighted by Crippen LogP contribution is -2.36.